The molecule has 0 unspecified atom stereocenters. The van der Waals surface area contributed by atoms with Crippen molar-refractivity contribution in [2.75, 3.05) is 72.0 Å². The van der Waals surface area contributed by atoms with Crippen LogP contribution in [-0.2, 0) is 14.4 Å². The van der Waals surface area contributed by atoms with Crippen LogP contribution in [0.2, 0.25) is 0 Å². The summed E-state index contributed by atoms with van der Waals surface area (Å²) in [5.41, 5.74) is 0. The molecule has 0 bridgehead atoms. The van der Waals surface area contributed by atoms with Crippen molar-refractivity contribution in [2.24, 2.45) is 0 Å². The van der Waals surface area contributed by atoms with Gasteiger partial charge in [0.1, 0.15) is 0 Å². The third-order valence-electron chi connectivity index (χ3n) is 4.79. The molecule has 10 heteroatoms. The number of carboxylic acid groups (broad SMARTS) is 3. The monoisotopic (exact) mass is 432 g/mol. The van der Waals surface area contributed by atoms with Crippen molar-refractivity contribution in [3.8, 4) is 0 Å². The van der Waals surface area contributed by atoms with Crippen LogP contribution in [0, 0.1) is 0 Å². The number of hydrogen-bond acceptors (Lipinski definition) is 7. The standard InChI is InChI=1S/C20H40N4O6/c1-3-9-22(10-5-18(25)26)14-16-24(13-8-21-4-2)17-15-23(11-6-19(27)28)12-7-20(29)30/h21H,3-17H2,1-2H3,(H,25,26)(H,27,28)(H,29,30). The van der Waals surface area contributed by atoms with E-state index in [2.05, 4.69) is 22.0 Å². The molecule has 0 atom stereocenters. The lowest BCUT2D eigenvalue weighted by molar-refractivity contribution is -0.138. The van der Waals surface area contributed by atoms with Gasteiger partial charge in [-0.3, -0.25) is 19.3 Å². The van der Waals surface area contributed by atoms with Gasteiger partial charge in [0.15, 0.2) is 0 Å². The first kappa shape index (κ1) is 28.2. The Balaban J connectivity index is 4.77. The molecular weight excluding hydrogens is 392 g/mol. The Labute approximate surface area is 179 Å². The van der Waals surface area contributed by atoms with Gasteiger partial charge < -0.3 is 30.4 Å². The van der Waals surface area contributed by atoms with E-state index in [1.807, 2.05) is 11.8 Å². The van der Waals surface area contributed by atoms with E-state index in [0.29, 0.717) is 32.7 Å². The number of carboxylic acids is 3. The summed E-state index contributed by atoms with van der Waals surface area (Å²) in [6.07, 6.45) is 1.04. The summed E-state index contributed by atoms with van der Waals surface area (Å²) >= 11 is 0. The Morgan fingerprint density at radius 2 is 0.967 bits per heavy atom. The van der Waals surface area contributed by atoms with Crippen LogP contribution in [0.5, 0.6) is 0 Å². The van der Waals surface area contributed by atoms with E-state index >= 15 is 0 Å². The van der Waals surface area contributed by atoms with Gasteiger partial charge in [-0.15, -0.1) is 0 Å². The Morgan fingerprint density at radius 3 is 1.30 bits per heavy atom. The molecule has 0 aliphatic carbocycles. The van der Waals surface area contributed by atoms with Gasteiger partial charge in [-0.2, -0.15) is 0 Å². The van der Waals surface area contributed by atoms with Crippen LogP contribution in [0.4, 0.5) is 0 Å². The molecule has 0 radical (unpaired) electrons. The minimum Gasteiger partial charge on any atom is -0.481 e. The molecule has 4 N–H and O–H groups in total. The summed E-state index contributed by atoms with van der Waals surface area (Å²) in [5.74, 6) is -2.59. The summed E-state index contributed by atoms with van der Waals surface area (Å²) in [7, 11) is 0. The highest BCUT2D eigenvalue weighted by Crippen LogP contribution is 2.00. The van der Waals surface area contributed by atoms with Crippen molar-refractivity contribution >= 4 is 17.9 Å². The molecule has 0 saturated heterocycles. The highest BCUT2D eigenvalue weighted by Gasteiger charge is 2.14. The normalized spacial score (nSPS) is 11.5. The molecule has 0 fully saturated rings. The number of likely N-dealkylation sites (N-methyl/N-ethyl adjacent to an activating group) is 1. The molecule has 10 nitrogen and oxygen atoms in total. The summed E-state index contributed by atoms with van der Waals surface area (Å²) in [5, 5.41) is 30.1. The average molecular weight is 433 g/mol. The van der Waals surface area contributed by atoms with Crippen molar-refractivity contribution in [1.29, 1.82) is 0 Å². The molecule has 0 aliphatic heterocycles. The SMILES string of the molecule is CCCN(CCC(=O)O)CCN(CCNCC)CCN(CCC(=O)O)CCC(=O)O. The van der Waals surface area contributed by atoms with Crippen LogP contribution in [0.25, 0.3) is 0 Å². The smallest absolute Gasteiger partial charge is 0.304 e. The zero-order valence-corrected chi connectivity index (χ0v) is 18.5. The fourth-order valence-electron chi connectivity index (χ4n) is 3.06. The molecule has 0 spiro atoms. The molecule has 0 amide bonds. The molecule has 0 aromatic heterocycles. The van der Waals surface area contributed by atoms with E-state index in [-0.39, 0.29) is 19.3 Å². The Hall–Kier alpha value is -1.75. The number of carbonyl (C=O) groups is 3. The van der Waals surface area contributed by atoms with Crippen LogP contribution in [0.1, 0.15) is 39.5 Å². The van der Waals surface area contributed by atoms with Crippen LogP contribution in [0.15, 0.2) is 0 Å². The summed E-state index contributed by atoms with van der Waals surface area (Å²) < 4.78 is 0. The van der Waals surface area contributed by atoms with Gasteiger partial charge in [0.25, 0.3) is 0 Å². The zero-order chi connectivity index (χ0) is 22.8. The second-order valence-corrected chi connectivity index (χ2v) is 7.31. The van der Waals surface area contributed by atoms with Crippen LogP contribution in [0.3, 0.4) is 0 Å². The van der Waals surface area contributed by atoms with Gasteiger partial charge >= 0.3 is 17.9 Å². The quantitative estimate of drug-likeness (QED) is 0.188. The topological polar surface area (TPSA) is 134 Å². The lowest BCUT2D eigenvalue weighted by Crippen LogP contribution is -2.43. The number of rotatable bonds is 21. The van der Waals surface area contributed by atoms with Crippen molar-refractivity contribution in [3.05, 3.63) is 0 Å². The Morgan fingerprint density at radius 1 is 0.600 bits per heavy atom. The van der Waals surface area contributed by atoms with Gasteiger partial charge in [-0.05, 0) is 19.5 Å². The second kappa shape index (κ2) is 18.1. The van der Waals surface area contributed by atoms with Gasteiger partial charge in [-0.1, -0.05) is 13.8 Å². The van der Waals surface area contributed by atoms with Gasteiger partial charge in [0, 0.05) is 58.9 Å². The van der Waals surface area contributed by atoms with Crippen molar-refractivity contribution < 1.29 is 29.7 Å². The molecule has 176 valence electrons. The molecule has 0 rings (SSSR count). The minimum absolute atomic E-state index is 0.0174. The number of nitrogens with zero attached hydrogens (tertiary/aromatic N) is 3. The van der Waals surface area contributed by atoms with E-state index in [9.17, 15) is 14.4 Å². The van der Waals surface area contributed by atoms with Gasteiger partial charge in [0.05, 0.1) is 19.3 Å². The first-order chi connectivity index (χ1) is 14.3. The maximum Gasteiger partial charge on any atom is 0.304 e. The number of aliphatic carboxylic acids is 3. The Bertz CT molecular complexity index is 474. The van der Waals surface area contributed by atoms with Gasteiger partial charge in [0.2, 0.25) is 0 Å². The first-order valence-electron chi connectivity index (χ1n) is 10.8. The molecule has 0 heterocycles. The predicted molar refractivity (Wildman–Crippen MR) is 115 cm³/mol. The molecule has 0 saturated carbocycles. The zero-order valence-electron chi connectivity index (χ0n) is 18.5. The maximum absolute atomic E-state index is 10.9. The lowest BCUT2D eigenvalue weighted by atomic mass is 10.3. The van der Waals surface area contributed by atoms with E-state index in [1.165, 1.54) is 0 Å². The third-order valence-corrected chi connectivity index (χ3v) is 4.79. The fraction of sp³-hybridized carbons (Fsp3) is 0.850. The van der Waals surface area contributed by atoms with E-state index in [1.54, 1.807) is 0 Å². The van der Waals surface area contributed by atoms with E-state index < -0.39 is 17.9 Å². The highest BCUT2D eigenvalue weighted by molar-refractivity contribution is 5.67. The number of hydrogen-bond donors (Lipinski definition) is 4. The van der Waals surface area contributed by atoms with E-state index in [4.69, 9.17) is 15.3 Å². The molecule has 30 heavy (non-hydrogen) atoms. The predicted octanol–water partition coefficient (Wildman–Crippen LogP) is 0.336. The largest absolute Gasteiger partial charge is 0.481 e. The average Bonchev–Trinajstić information content (AvgIpc) is 2.68. The molecule has 0 aliphatic rings. The molecule has 0 aromatic rings. The third kappa shape index (κ3) is 17.1. The van der Waals surface area contributed by atoms with Crippen LogP contribution in [-0.4, -0.2) is 120 Å². The van der Waals surface area contributed by atoms with Crippen LogP contribution >= 0.6 is 0 Å². The van der Waals surface area contributed by atoms with Crippen molar-refractivity contribution in [1.82, 2.24) is 20.0 Å². The summed E-state index contributed by atoms with van der Waals surface area (Å²) in [6, 6.07) is 0. The van der Waals surface area contributed by atoms with Crippen molar-refractivity contribution in [3.63, 3.8) is 0 Å². The number of nitrogens with one attached hydrogen (secondary N) is 1. The maximum atomic E-state index is 10.9. The molecule has 0 aromatic carbocycles. The summed E-state index contributed by atoms with van der Waals surface area (Å²) in [6.45, 7) is 11.5. The lowest BCUT2D eigenvalue weighted by Gasteiger charge is -2.30. The van der Waals surface area contributed by atoms with Crippen molar-refractivity contribution in [2.45, 2.75) is 39.5 Å². The Kier molecular flexibility index (Phi) is 17.0. The summed E-state index contributed by atoms with van der Waals surface area (Å²) in [4.78, 5) is 39.0. The first-order valence-corrected chi connectivity index (χ1v) is 10.8. The second-order valence-electron chi connectivity index (χ2n) is 7.31. The van der Waals surface area contributed by atoms with E-state index in [0.717, 1.165) is 45.7 Å². The molecular formula is C20H40N4O6. The van der Waals surface area contributed by atoms with Gasteiger partial charge in [-0.25, -0.2) is 0 Å². The minimum atomic E-state index is -0.895. The fourth-order valence-corrected chi connectivity index (χ4v) is 3.06. The highest BCUT2D eigenvalue weighted by atomic mass is 16.4. The van der Waals surface area contributed by atoms with Crippen LogP contribution < -0.4 is 5.32 Å².